The van der Waals surface area contributed by atoms with E-state index in [1.807, 2.05) is 0 Å². The fourth-order valence-electron chi connectivity index (χ4n) is 6.95. The normalized spacial score (nSPS) is 31.4. The quantitative estimate of drug-likeness (QED) is 0.325. The lowest BCUT2D eigenvalue weighted by Gasteiger charge is -2.54. The van der Waals surface area contributed by atoms with Gasteiger partial charge in [-0.3, -0.25) is 19.2 Å². The summed E-state index contributed by atoms with van der Waals surface area (Å²) >= 11 is 0. The first-order valence-electron chi connectivity index (χ1n) is 12.6. The number of phenols is 1. The molecule has 3 aliphatic rings. The summed E-state index contributed by atoms with van der Waals surface area (Å²) in [6.07, 6.45) is -1.68. The van der Waals surface area contributed by atoms with Crippen LogP contribution in [0.3, 0.4) is 0 Å². The number of aromatic carboxylic acids is 1. The topological polar surface area (TPSA) is 196 Å². The molecular weight excluding hydrogens is 527 g/mol. The Hall–Kier alpha value is -4.00. The number of aliphatic hydroxyl groups excluding tert-OH is 1. The van der Waals surface area contributed by atoms with Gasteiger partial charge in [-0.1, -0.05) is 12.1 Å². The van der Waals surface area contributed by atoms with Gasteiger partial charge in [-0.2, -0.15) is 0 Å². The summed E-state index contributed by atoms with van der Waals surface area (Å²) in [7, 11) is 3.09. The molecule has 12 heteroatoms. The van der Waals surface area contributed by atoms with Crippen molar-refractivity contribution in [2.75, 3.05) is 14.1 Å². The lowest BCUT2D eigenvalue weighted by atomic mass is 9.52. The van der Waals surface area contributed by atoms with Crippen LogP contribution in [-0.2, 0) is 20.8 Å². The molecule has 1 amide bonds. The maximum Gasteiger partial charge on any atom is 0.338 e. The second-order valence-electron chi connectivity index (χ2n) is 11.0. The second-order valence-corrected chi connectivity index (χ2v) is 11.0. The maximum atomic E-state index is 14.1. The van der Waals surface area contributed by atoms with E-state index in [4.69, 9.17) is 5.73 Å². The summed E-state index contributed by atoms with van der Waals surface area (Å²) in [5.41, 5.74) is 2.67. The van der Waals surface area contributed by atoms with Crippen LogP contribution in [0.25, 0.3) is 11.1 Å². The number of benzene rings is 2. The molecule has 5 rings (SSSR count). The third-order valence-corrected chi connectivity index (χ3v) is 8.68. The van der Waals surface area contributed by atoms with Crippen LogP contribution in [0.5, 0.6) is 5.75 Å². The van der Waals surface area contributed by atoms with Gasteiger partial charge >= 0.3 is 5.97 Å². The number of carbonyl (C=O) groups excluding carboxylic acids is 4. The van der Waals surface area contributed by atoms with Crippen molar-refractivity contribution >= 4 is 29.2 Å². The third kappa shape index (κ3) is 3.70. The summed E-state index contributed by atoms with van der Waals surface area (Å²) in [5.74, 6) is -12.7. The highest BCUT2D eigenvalue weighted by atomic mass is 19.1. The summed E-state index contributed by atoms with van der Waals surface area (Å²) in [6.45, 7) is 0. The van der Waals surface area contributed by atoms with Crippen LogP contribution in [-0.4, -0.2) is 86.4 Å². The van der Waals surface area contributed by atoms with Crippen molar-refractivity contribution in [3.63, 3.8) is 0 Å². The fourth-order valence-corrected chi connectivity index (χ4v) is 6.95. The number of rotatable bonds is 4. The minimum Gasteiger partial charge on any atom is -0.507 e. The van der Waals surface area contributed by atoms with Crippen LogP contribution in [0.2, 0.25) is 0 Å². The molecule has 2 saturated carbocycles. The fraction of sp³-hybridized carbons (Fsp3) is 0.393. The molecule has 2 aromatic rings. The number of primary amides is 1. The number of phenolic OH excluding ortho intramolecular Hbond substituents is 1. The van der Waals surface area contributed by atoms with Crippen molar-refractivity contribution in [1.29, 1.82) is 0 Å². The van der Waals surface area contributed by atoms with Gasteiger partial charge in [0.2, 0.25) is 5.91 Å². The molecule has 3 aliphatic carbocycles. The maximum absolute atomic E-state index is 14.1. The highest BCUT2D eigenvalue weighted by molar-refractivity contribution is 6.25. The summed E-state index contributed by atoms with van der Waals surface area (Å²) in [4.78, 5) is 66.2. The number of ketones is 3. The van der Waals surface area contributed by atoms with Crippen LogP contribution in [0.15, 0.2) is 30.3 Å². The van der Waals surface area contributed by atoms with Gasteiger partial charge in [-0.25, -0.2) is 9.18 Å². The number of hydrogen-bond donors (Lipinski definition) is 5. The van der Waals surface area contributed by atoms with Gasteiger partial charge in [0, 0.05) is 12.0 Å². The lowest BCUT2D eigenvalue weighted by Crippen LogP contribution is -2.75. The molecule has 11 nitrogen and oxygen atoms in total. The number of likely N-dealkylation sites (N-methyl/N-ethyl adjacent to an activating group) is 1. The minimum absolute atomic E-state index is 0.0112. The van der Waals surface area contributed by atoms with Gasteiger partial charge in [-0.05, 0) is 67.7 Å². The minimum atomic E-state index is -2.78. The molecule has 210 valence electrons. The number of aromatic hydroxyl groups is 1. The number of nitrogens with two attached hydrogens (primary N) is 1. The molecule has 40 heavy (non-hydrogen) atoms. The number of fused-ring (bicyclic) bond motifs is 3. The first-order chi connectivity index (χ1) is 18.7. The zero-order chi connectivity index (χ0) is 29.4. The van der Waals surface area contributed by atoms with E-state index >= 15 is 0 Å². The third-order valence-electron chi connectivity index (χ3n) is 8.68. The Kier molecular flexibility index (Phi) is 6.40. The smallest absolute Gasteiger partial charge is 0.338 e. The highest BCUT2D eigenvalue weighted by Crippen LogP contribution is 2.52. The number of halogens is 1. The molecule has 2 aromatic carbocycles. The Morgan fingerprint density at radius 1 is 1.10 bits per heavy atom. The first kappa shape index (κ1) is 27.6. The van der Waals surface area contributed by atoms with E-state index in [1.165, 1.54) is 23.1 Å². The molecular formula is C28H27FN2O9. The molecule has 0 aliphatic heterocycles. The lowest BCUT2D eigenvalue weighted by molar-refractivity contribution is -0.190. The molecule has 6 N–H and O–H groups in total. The molecule has 0 aromatic heterocycles. The number of hydrogen-bond acceptors (Lipinski definition) is 9. The van der Waals surface area contributed by atoms with E-state index in [-0.39, 0.29) is 24.0 Å². The van der Waals surface area contributed by atoms with Gasteiger partial charge in [0.15, 0.2) is 23.0 Å². The summed E-state index contributed by atoms with van der Waals surface area (Å²) < 4.78 is 14.1. The first-order valence-corrected chi connectivity index (χ1v) is 12.6. The number of aliphatic hydroxyl groups is 2. The molecule has 0 saturated heterocycles. The van der Waals surface area contributed by atoms with Crippen LogP contribution in [0, 0.1) is 29.5 Å². The van der Waals surface area contributed by atoms with Crippen LogP contribution in [0.4, 0.5) is 4.39 Å². The Morgan fingerprint density at radius 2 is 1.77 bits per heavy atom. The Labute approximate surface area is 227 Å². The second kappa shape index (κ2) is 9.29. The number of carboxylic acid groups (broad SMARTS) is 1. The van der Waals surface area contributed by atoms with E-state index in [0.29, 0.717) is 11.1 Å². The van der Waals surface area contributed by atoms with Gasteiger partial charge in [0.05, 0.1) is 23.1 Å². The number of Topliss-reactive ketones (excluding diaryl/α,β-unsaturated/α-hetero) is 3. The predicted octanol–water partition coefficient (Wildman–Crippen LogP) is 0.163. The van der Waals surface area contributed by atoms with Gasteiger partial charge in [0.25, 0.3) is 0 Å². The summed E-state index contributed by atoms with van der Waals surface area (Å²) in [6, 6.07) is 5.01. The molecule has 0 heterocycles. The zero-order valence-corrected chi connectivity index (χ0v) is 21.5. The largest absolute Gasteiger partial charge is 0.507 e. The van der Waals surface area contributed by atoms with Crippen molar-refractivity contribution in [3.05, 3.63) is 52.8 Å². The van der Waals surface area contributed by atoms with Crippen molar-refractivity contribution in [2.45, 2.75) is 30.6 Å². The SMILES string of the molecule is CN(C)C1C(O)C(C(N)=O)C(=O)C2(O)C(=O)C3C(=O)c4c(O)ccc(-c5ccc(F)c(C(=O)O)c5)c4CC3CC12. The molecule has 7 unspecified atom stereocenters. The van der Waals surface area contributed by atoms with Crippen molar-refractivity contribution in [2.24, 2.45) is 29.4 Å². The number of carboxylic acids is 1. The highest BCUT2D eigenvalue weighted by Gasteiger charge is 2.69. The molecule has 0 bridgehead atoms. The van der Waals surface area contributed by atoms with E-state index in [0.717, 1.165) is 12.1 Å². The zero-order valence-electron chi connectivity index (χ0n) is 21.5. The summed E-state index contributed by atoms with van der Waals surface area (Å²) in [5, 5.41) is 42.6. The number of amides is 1. The Bertz CT molecular complexity index is 1500. The van der Waals surface area contributed by atoms with E-state index in [1.54, 1.807) is 14.1 Å². The van der Waals surface area contributed by atoms with Crippen molar-refractivity contribution in [3.8, 4) is 16.9 Å². The number of nitrogens with zero attached hydrogens (tertiary/aromatic N) is 1. The molecule has 0 radical (unpaired) electrons. The monoisotopic (exact) mass is 554 g/mol. The van der Waals surface area contributed by atoms with Crippen LogP contribution >= 0.6 is 0 Å². The van der Waals surface area contributed by atoms with E-state index in [9.17, 15) is 48.8 Å². The Morgan fingerprint density at radius 3 is 2.38 bits per heavy atom. The number of carbonyl (C=O) groups is 5. The van der Waals surface area contributed by atoms with Gasteiger partial charge < -0.3 is 31.1 Å². The molecule has 2 fully saturated rings. The predicted molar refractivity (Wildman–Crippen MR) is 135 cm³/mol. The van der Waals surface area contributed by atoms with Gasteiger partial charge in [0.1, 0.15) is 17.5 Å². The standard InChI is InChI=1S/C28H27FN2O9/c1-31(2)21-15-9-11-8-13-12(10-3-5-16(29)14(7-10)27(38)39)4-6-17(32)19(13)22(33)18(11)24(35)28(15,40)25(36)20(23(21)34)26(30)37/h3-7,11,15,18,20-21,23,32,34,40H,8-9H2,1-2H3,(H2,30,37)(H,38,39). The van der Waals surface area contributed by atoms with E-state index in [2.05, 4.69) is 0 Å². The average Bonchev–Trinajstić information content (AvgIpc) is 2.86. The molecule has 7 atom stereocenters. The average molecular weight is 555 g/mol. The van der Waals surface area contributed by atoms with E-state index < -0.39 is 87.8 Å². The molecule has 0 spiro atoms. The van der Waals surface area contributed by atoms with Crippen LogP contribution < -0.4 is 5.73 Å². The van der Waals surface area contributed by atoms with Crippen molar-refractivity contribution in [1.82, 2.24) is 4.90 Å². The Balaban J connectivity index is 1.66. The van der Waals surface area contributed by atoms with Crippen LogP contribution in [0.1, 0.15) is 32.7 Å². The van der Waals surface area contributed by atoms with Crippen molar-refractivity contribution < 1.29 is 48.8 Å². The van der Waals surface area contributed by atoms with Gasteiger partial charge in [-0.15, -0.1) is 0 Å².